The fraction of sp³-hybridized carbons (Fsp3) is 0.250. The van der Waals surface area contributed by atoms with Crippen LogP contribution in [-0.4, -0.2) is 5.78 Å². The molecule has 72 valence electrons. The van der Waals surface area contributed by atoms with Crippen LogP contribution in [-0.2, 0) is 9.53 Å². The van der Waals surface area contributed by atoms with Crippen molar-refractivity contribution >= 4 is 5.78 Å². The van der Waals surface area contributed by atoms with Crippen LogP contribution < -0.4 is 0 Å². The van der Waals surface area contributed by atoms with Crippen LogP contribution in [0.1, 0.15) is 25.0 Å². The molecule has 0 saturated heterocycles. The second-order valence-corrected chi connectivity index (χ2v) is 3.44. The maximum absolute atomic E-state index is 11.3. The van der Waals surface area contributed by atoms with Gasteiger partial charge in [0.25, 0.3) is 0 Å². The zero-order valence-electron chi connectivity index (χ0n) is 8.07. The third-order valence-corrected chi connectivity index (χ3v) is 2.25. The number of hydrogen-bond donors (Lipinski definition) is 0. The van der Waals surface area contributed by atoms with Gasteiger partial charge in [0.1, 0.15) is 6.10 Å². The molecule has 0 radical (unpaired) electrons. The predicted octanol–water partition coefficient (Wildman–Crippen LogP) is 2.62. The minimum Gasteiger partial charge on any atom is -0.490 e. The van der Waals surface area contributed by atoms with Crippen LogP contribution in [0.2, 0.25) is 0 Å². The average Bonchev–Trinajstić information content (AvgIpc) is 2.18. The van der Waals surface area contributed by atoms with Gasteiger partial charge in [-0.2, -0.15) is 0 Å². The van der Waals surface area contributed by atoms with Gasteiger partial charge in [-0.25, -0.2) is 0 Å². The van der Waals surface area contributed by atoms with Gasteiger partial charge in [-0.1, -0.05) is 30.3 Å². The molecule has 1 heterocycles. The van der Waals surface area contributed by atoms with Crippen molar-refractivity contribution in [3.63, 3.8) is 0 Å². The number of ether oxygens (including phenoxy) is 1. The summed E-state index contributed by atoms with van der Waals surface area (Å²) in [5.74, 6) is 0.845. The molecule has 0 aromatic heterocycles. The summed E-state index contributed by atoms with van der Waals surface area (Å²) in [5, 5.41) is 0. The number of allylic oxidation sites excluding steroid dienone is 2. The number of rotatable bonds is 1. The molecular formula is C12H12O2. The fourth-order valence-corrected chi connectivity index (χ4v) is 1.62. The van der Waals surface area contributed by atoms with Crippen molar-refractivity contribution < 1.29 is 9.53 Å². The minimum absolute atomic E-state index is 0.103. The van der Waals surface area contributed by atoms with Crippen molar-refractivity contribution in [3.8, 4) is 0 Å². The van der Waals surface area contributed by atoms with Crippen LogP contribution in [0.3, 0.4) is 0 Å². The fourth-order valence-electron chi connectivity index (χ4n) is 1.62. The Morgan fingerprint density at radius 3 is 2.64 bits per heavy atom. The van der Waals surface area contributed by atoms with Gasteiger partial charge in [-0.15, -0.1) is 0 Å². The van der Waals surface area contributed by atoms with Gasteiger partial charge in [0.05, 0.1) is 12.2 Å². The summed E-state index contributed by atoms with van der Waals surface area (Å²) in [6.07, 6.45) is 1.90. The first-order valence-corrected chi connectivity index (χ1v) is 4.68. The molecule has 0 fully saturated rings. The zero-order chi connectivity index (χ0) is 9.97. The van der Waals surface area contributed by atoms with E-state index in [9.17, 15) is 4.79 Å². The first kappa shape index (κ1) is 9.00. The summed E-state index contributed by atoms with van der Waals surface area (Å²) in [4.78, 5) is 11.3. The molecule has 1 atom stereocenters. The normalized spacial score (nSPS) is 21.4. The Bertz CT molecular complexity index is 365. The van der Waals surface area contributed by atoms with Gasteiger partial charge in [-0.05, 0) is 12.5 Å². The van der Waals surface area contributed by atoms with Crippen LogP contribution in [0, 0.1) is 0 Å². The Hall–Kier alpha value is -1.57. The van der Waals surface area contributed by atoms with Crippen molar-refractivity contribution in [1.29, 1.82) is 0 Å². The first-order chi connectivity index (χ1) is 6.75. The summed E-state index contributed by atoms with van der Waals surface area (Å²) in [6.45, 7) is 1.81. The van der Waals surface area contributed by atoms with E-state index in [1.807, 2.05) is 37.3 Å². The highest BCUT2D eigenvalue weighted by Gasteiger charge is 2.20. The molecule has 0 aliphatic carbocycles. The third-order valence-electron chi connectivity index (χ3n) is 2.25. The second-order valence-electron chi connectivity index (χ2n) is 3.44. The summed E-state index contributed by atoms with van der Waals surface area (Å²) in [7, 11) is 0. The van der Waals surface area contributed by atoms with E-state index in [2.05, 4.69) is 0 Å². The summed E-state index contributed by atoms with van der Waals surface area (Å²) in [5.41, 5.74) is 1.06. The van der Waals surface area contributed by atoms with Crippen LogP contribution in [0.4, 0.5) is 0 Å². The van der Waals surface area contributed by atoms with Gasteiger partial charge in [-0.3, -0.25) is 4.79 Å². The highest BCUT2D eigenvalue weighted by Crippen LogP contribution is 2.27. The molecule has 1 aromatic carbocycles. The highest BCUT2D eigenvalue weighted by atomic mass is 16.5. The number of ketones is 1. The molecule has 1 unspecified atom stereocenters. The van der Waals surface area contributed by atoms with Gasteiger partial charge in [0.15, 0.2) is 5.78 Å². The van der Waals surface area contributed by atoms with E-state index in [-0.39, 0.29) is 11.9 Å². The molecule has 2 heteroatoms. The third kappa shape index (κ3) is 1.84. The van der Waals surface area contributed by atoms with Crippen molar-refractivity contribution in [3.05, 3.63) is 47.7 Å². The predicted molar refractivity (Wildman–Crippen MR) is 53.6 cm³/mol. The molecule has 1 aliphatic heterocycles. The van der Waals surface area contributed by atoms with E-state index >= 15 is 0 Å². The highest BCUT2D eigenvalue weighted by molar-refractivity contribution is 5.91. The number of benzene rings is 1. The lowest BCUT2D eigenvalue weighted by atomic mass is 10.0. The lowest BCUT2D eigenvalue weighted by Gasteiger charge is -2.22. The molecule has 0 spiro atoms. The van der Waals surface area contributed by atoms with Crippen LogP contribution in [0.25, 0.3) is 0 Å². The van der Waals surface area contributed by atoms with Crippen molar-refractivity contribution in [2.45, 2.75) is 19.4 Å². The van der Waals surface area contributed by atoms with Gasteiger partial charge in [0.2, 0.25) is 0 Å². The maximum Gasteiger partial charge on any atom is 0.163 e. The number of carbonyl (C=O) groups is 1. The Labute approximate surface area is 83.2 Å². The van der Waals surface area contributed by atoms with E-state index < -0.39 is 0 Å². The van der Waals surface area contributed by atoms with E-state index in [1.165, 1.54) is 0 Å². The average molecular weight is 188 g/mol. The van der Waals surface area contributed by atoms with Gasteiger partial charge in [0, 0.05) is 6.08 Å². The maximum atomic E-state index is 11.3. The van der Waals surface area contributed by atoms with Crippen LogP contribution in [0.5, 0.6) is 0 Å². The molecule has 0 saturated carbocycles. The van der Waals surface area contributed by atoms with E-state index in [0.29, 0.717) is 12.2 Å². The summed E-state index contributed by atoms with van der Waals surface area (Å²) in [6, 6.07) is 9.83. The largest absolute Gasteiger partial charge is 0.490 e. The smallest absolute Gasteiger partial charge is 0.163 e. The molecule has 0 amide bonds. The Balaban J connectivity index is 2.22. The number of carbonyl (C=O) groups excluding carboxylic acids is 1. The van der Waals surface area contributed by atoms with Crippen LogP contribution >= 0.6 is 0 Å². The summed E-state index contributed by atoms with van der Waals surface area (Å²) >= 11 is 0. The Morgan fingerprint density at radius 2 is 2.00 bits per heavy atom. The first-order valence-electron chi connectivity index (χ1n) is 4.68. The molecule has 2 nitrogen and oxygen atoms in total. The van der Waals surface area contributed by atoms with Gasteiger partial charge >= 0.3 is 0 Å². The number of hydrogen-bond acceptors (Lipinski definition) is 2. The van der Waals surface area contributed by atoms with E-state index in [1.54, 1.807) is 6.08 Å². The molecule has 0 bridgehead atoms. The van der Waals surface area contributed by atoms with Crippen molar-refractivity contribution in [2.24, 2.45) is 0 Å². The van der Waals surface area contributed by atoms with Gasteiger partial charge < -0.3 is 4.74 Å². The van der Waals surface area contributed by atoms with Crippen LogP contribution in [0.15, 0.2) is 42.2 Å². The van der Waals surface area contributed by atoms with E-state index in [4.69, 9.17) is 4.74 Å². The molecular weight excluding hydrogens is 176 g/mol. The second kappa shape index (κ2) is 3.66. The standard InChI is InChI=1S/C12H12O2/c1-9-7-11(13)8-12(14-9)10-5-3-2-4-6-10/h2-7,12H,8H2,1H3. The molecule has 0 N–H and O–H groups in total. The topological polar surface area (TPSA) is 26.3 Å². The minimum atomic E-state index is -0.103. The molecule has 14 heavy (non-hydrogen) atoms. The lowest BCUT2D eigenvalue weighted by molar-refractivity contribution is -0.118. The monoisotopic (exact) mass is 188 g/mol. The summed E-state index contributed by atoms with van der Waals surface area (Å²) < 4.78 is 5.58. The lowest BCUT2D eigenvalue weighted by Crippen LogP contribution is -2.14. The zero-order valence-corrected chi connectivity index (χ0v) is 8.07. The Morgan fingerprint density at radius 1 is 1.29 bits per heavy atom. The Kier molecular flexibility index (Phi) is 2.35. The SMILES string of the molecule is CC1=CC(=O)CC(c2ccccc2)O1. The van der Waals surface area contributed by atoms with E-state index in [0.717, 1.165) is 5.56 Å². The van der Waals surface area contributed by atoms with Crippen molar-refractivity contribution in [2.75, 3.05) is 0 Å². The molecule has 2 rings (SSSR count). The molecule has 1 aliphatic rings. The molecule has 1 aromatic rings. The van der Waals surface area contributed by atoms with Crippen molar-refractivity contribution in [1.82, 2.24) is 0 Å². The quantitative estimate of drug-likeness (QED) is 0.677.